The van der Waals surface area contributed by atoms with Crippen LogP contribution in [0.3, 0.4) is 0 Å². The fourth-order valence-electron chi connectivity index (χ4n) is 6.27. The fraction of sp³-hybridized carbons (Fsp3) is 1.00. The first-order valence-corrected chi connectivity index (χ1v) is 18.5. The minimum atomic E-state index is 0.127. The van der Waals surface area contributed by atoms with E-state index in [1.807, 2.05) is 0 Å². The summed E-state index contributed by atoms with van der Waals surface area (Å²) in [6.07, 6.45) is 46.6. The second-order valence-electron chi connectivity index (χ2n) is 13.2. The van der Waals surface area contributed by atoms with Gasteiger partial charge in [0.1, 0.15) is 0 Å². The van der Waals surface area contributed by atoms with E-state index in [1.165, 1.54) is 212 Å². The van der Waals surface area contributed by atoms with Crippen LogP contribution in [-0.2, 0) is 0 Å². The van der Waals surface area contributed by atoms with Crippen molar-refractivity contribution in [2.75, 3.05) is 0 Å². The van der Waals surface area contributed by atoms with E-state index in [4.69, 9.17) is 5.73 Å². The molecule has 1 heteroatoms. The zero-order chi connectivity index (χ0) is 27.8. The van der Waals surface area contributed by atoms with Crippen molar-refractivity contribution in [3.8, 4) is 0 Å². The predicted molar refractivity (Wildman–Crippen MR) is 176 cm³/mol. The Kier molecular flexibility index (Phi) is 31.5. The minimum Gasteiger partial charge on any atom is -0.325 e. The third-order valence-corrected chi connectivity index (χ3v) is 9.08. The van der Waals surface area contributed by atoms with Crippen molar-refractivity contribution in [1.29, 1.82) is 0 Å². The Hall–Kier alpha value is -0.0400. The summed E-state index contributed by atoms with van der Waals surface area (Å²) in [5.41, 5.74) is 7.23. The van der Waals surface area contributed by atoms with Gasteiger partial charge in [0.25, 0.3) is 0 Å². The molecule has 0 radical (unpaired) electrons. The summed E-state index contributed by atoms with van der Waals surface area (Å²) < 4.78 is 0. The smallest absolute Gasteiger partial charge is 0.0154 e. The van der Waals surface area contributed by atoms with Gasteiger partial charge in [-0.1, -0.05) is 213 Å². The number of nitrogens with two attached hydrogens (primary N) is 1. The lowest BCUT2D eigenvalue weighted by Gasteiger charge is -2.30. The van der Waals surface area contributed by atoms with Crippen LogP contribution in [0.2, 0.25) is 0 Å². The molecule has 0 aromatic carbocycles. The summed E-state index contributed by atoms with van der Waals surface area (Å²) in [6.45, 7) is 6.93. The van der Waals surface area contributed by atoms with E-state index in [0.717, 1.165) is 0 Å². The first-order chi connectivity index (χ1) is 18.7. The van der Waals surface area contributed by atoms with Crippen molar-refractivity contribution in [3.63, 3.8) is 0 Å². The molecule has 0 saturated heterocycles. The van der Waals surface area contributed by atoms with Crippen LogP contribution in [0.15, 0.2) is 0 Å². The van der Waals surface area contributed by atoms with Crippen molar-refractivity contribution in [2.24, 2.45) is 5.73 Å². The van der Waals surface area contributed by atoms with E-state index >= 15 is 0 Å². The lowest BCUT2D eigenvalue weighted by molar-refractivity contribution is 0.302. The maximum absolute atomic E-state index is 7.11. The van der Waals surface area contributed by atoms with Crippen molar-refractivity contribution in [3.05, 3.63) is 0 Å². The molecule has 0 rings (SSSR count). The number of unbranched alkanes of at least 4 members (excludes halogenated alkanes) is 27. The Morgan fingerprint density at radius 2 is 0.421 bits per heavy atom. The summed E-state index contributed by atoms with van der Waals surface area (Å²) in [7, 11) is 0. The number of hydrogen-bond acceptors (Lipinski definition) is 1. The molecule has 0 atom stereocenters. The van der Waals surface area contributed by atoms with Gasteiger partial charge in [0.15, 0.2) is 0 Å². The standard InChI is InChI=1S/C37H77N/c1-4-7-10-13-16-19-20-21-22-23-24-27-30-33-36-37(38,34-31-28-25-17-14-11-8-5-2)35-32-29-26-18-15-12-9-6-3/h4-36,38H2,1-3H3. The van der Waals surface area contributed by atoms with Gasteiger partial charge in [-0.15, -0.1) is 0 Å². The molecular weight excluding hydrogens is 458 g/mol. The van der Waals surface area contributed by atoms with Crippen molar-refractivity contribution >= 4 is 0 Å². The Labute approximate surface area is 243 Å². The largest absolute Gasteiger partial charge is 0.325 e. The molecule has 230 valence electrons. The zero-order valence-corrected chi connectivity index (χ0v) is 27.4. The molecular formula is C37H77N. The van der Waals surface area contributed by atoms with Crippen LogP contribution in [0.25, 0.3) is 0 Å². The van der Waals surface area contributed by atoms with E-state index in [-0.39, 0.29) is 5.54 Å². The minimum absolute atomic E-state index is 0.127. The molecule has 0 bridgehead atoms. The Morgan fingerprint density at radius 1 is 0.263 bits per heavy atom. The maximum Gasteiger partial charge on any atom is 0.0154 e. The predicted octanol–water partition coefficient (Wildman–Crippen LogP) is 13.6. The van der Waals surface area contributed by atoms with Gasteiger partial charge in [0.2, 0.25) is 0 Å². The lowest BCUT2D eigenvalue weighted by atomic mass is 9.82. The Bertz CT molecular complexity index is 397. The maximum atomic E-state index is 7.11. The van der Waals surface area contributed by atoms with Gasteiger partial charge in [0.05, 0.1) is 0 Å². The fourth-order valence-corrected chi connectivity index (χ4v) is 6.27. The van der Waals surface area contributed by atoms with Crippen LogP contribution in [0, 0.1) is 0 Å². The van der Waals surface area contributed by atoms with Crippen molar-refractivity contribution in [2.45, 2.75) is 238 Å². The van der Waals surface area contributed by atoms with Crippen LogP contribution in [0.1, 0.15) is 233 Å². The van der Waals surface area contributed by atoms with Crippen molar-refractivity contribution in [1.82, 2.24) is 0 Å². The molecule has 0 saturated carbocycles. The first-order valence-electron chi connectivity index (χ1n) is 18.5. The molecule has 0 fully saturated rings. The molecule has 1 nitrogen and oxygen atoms in total. The lowest BCUT2D eigenvalue weighted by Crippen LogP contribution is -2.39. The summed E-state index contributed by atoms with van der Waals surface area (Å²) in [5, 5.41) is 0. The monoisotopic (exact) mass is 536 g/mol. The topological polar surface area (TPSA) is 26.0 Å². The van der Waals surface area contributed by atoms with E-state index in [9.17, 15) is 0 Å². The molecule has 0 amide bonds. The van der Waals surface area contributed by atoms with Crippen LogP contribution < -0.4 is 5.73 Å². The van der Waals surface area contributed by atoms with Gasteiger partial charge < -0.3 is 5.73 Å². The highest BCUT2D eigenvalue weighted by Gasteiger charge is 2.23. The number of hydrogen-bond donors (Lipinski definition) is 1. The number of rotatable bonds is 33. The molecule has 38 heavy (non-hydrogen) atoms. The highest BCUT2D eigenvalue weighted by atomic mass is 14.7. The first kappa shape index (κ1) is 38.0. The van der Waals surface area contributed by atoms with Gasteiger partial charge in [-0.05, 0) is 19.3 Å². The van der Waals surface area contributed by atoms with Gasteiger partial charge in [-0.2, -0.15) is 0 Å². The van der Waals surface area contributed by atoms with Gasteiger partial charge in [0, 0.05) is 5.54 Å². The van der Waals surface area contributed by atoms with Crippen LogP contribution in [0.5, 0.6) is 0 Å². The third kappa shape index (κ3) is 29.0. The second kappa shape index (κ2) is 31.5. The van der Waals surface area contributed by atoms with Crippen LogP contribution >= 0.6 is 0 Å². The summed E-state index contributed by atoms with van der Waals surface area (Å²) >= 11 is 0. The quantitative estimate of drug-likeness (QED) is 0.0830. The molecule has 0 unspecified atom stereocenters. The normalized spacial score (nSPS) is 12.0. The molecule has 0 aliphatic heterocycles. The van der Waals surface area contributed by atoms with Crippen molar-refractivity contribution < 1.29 is 0 Å². The Balaban J connectivity index is 3.96. The van der Waals surface area contributed by atoms with E-state index in [1.54, 1.807) is 0 Å². The molecule has 0 aliphatic carbocycles. The third-order valence-electron chi connectivity index (χ3n) is 9.08. The SMILES string of the molecule is CCCCCCCCCCCCCCCCC(N)(CCCCCCCCCC)CCCCCCCCCC. The molecule has 0 aromatic heterocycles. The van der Waals surface area contributed by atoms with Crippen LogP contribution in [-0.4, -0.2) is 5.54 Å². The summed E-state index contributed by atoms with van der Waals surface area (Å²) in [4.78, 5) is 0. The molecule has 0 aromatic rings. The molecule has 0 spiro atoms. The molecule has 0 heterocycles. The highest BCUT2D eigenvalue weighted by Crippen LogP contribution is 2.27. The van der Waals surface area contributed by atoms with Crippen LogP contribution in [0.4, 0.5) is 0 Å². The van der Waals surface area contributed by atoms with Gasteiger partial charge in [-0.3, -0.25) is 0 Å². The highest BCUT2D eigenvalue weighted by molar-refractivity contribution is 4.84. The average molecular weight is 536 g/mol. The summed E-state index contributed by atoms with van der Waals surface area (Å²) in [5.74, 6) is 0. The van der Waals surface area contributed by atoms with E-state index < -0.39 is 0 Å². The van der Waals surface area contributed by atoms with Gasteiger partial charge in [-0.25, -0.2) is 0 Å². The average Bonchev–Trinajstić information content (AvgIpc) is 2.92. The Morgan fingerprint density at radius 3 is 0.605 bits per heavy atom. The molecule has 2 N–H and O–H groups in total. The van der Waals surface area contributed by atoms with E-state index in [2.05, 4.69) is 20.8 Å². The van der Waals surface area contributed by atoms with Gasteiger partial charge >= 0.3 is 0 Å². The summed E-state index contributed by atoms with van der Waals surface area (Å²) in [6, 6.07) is 0. The molecule has 0 aliphatic rings. The zero-order valence-electron chi connectivity index (χ0n) is 27.4. The second-order valence-corrected chi connectivity index (χ2v) is 13.2. The van der Waals surface area contributed by atoms with E-state index in [0.29, 0.717) is 0 Å².